The standard InChI is InChI=1S/C25H10F3N3O3/c26-25(27,28)15-7-5-13(6-8-15)23-31-24-20(34-23)10-16(33-24)9-19-21(14(11-29)12-30)17-3-1-2-4-18(17)22(19)32/h1-10H/b19-9-. The van der Waals surface area contributed by atoms with E-state index in [4.69, 9.17) is 8.83 Å². The van der Waals surface area contributed by atoms with Gasteiger partial charge in [0, 0.05) is 28.3 Å². The lowest BCUT2D eigenvalue weighted by molar-refractivity contribution is -0.137. The third-order valence-corrected chi connectivity index (χ3v) is 5.28. The molecule has 0 aliphatic heterocycles. The van der Waals surface area contributed by atoms with Gasteiger partial charge in [-0.3, -0.25) is 4.79 Å². The predicted molar refractivity (Wildman–Crippen MR) is 114 cm³/mol. The number of nitrogens with zero attached hydrogens (tertiary/aromatic N) is 3. The van der Waals surface area contributed by atoms with Gasteiger partial charge in [-0.05, 0) is 35.9 Å². The quantitative estimate of drug-likeness (QED) is 0.263. The van der Waals surface area contributed by atoms with Gasteiger partial charge in [0.15, 0.2) is 11.4 Å². The Balaban J connectivity index is 1.54. The number of carbonyl (C=O) groups is 1. The van der Waals surface area contributed by atoms with Crippen molar-refractivity contribution in [3.8, 4) is 23.6 Å². The maximum Gasteiger partial charge on any atom is 0.416 e. The average Bonchev–Trinajstić information content (AvgIpc) is 3.46. The third-order valence-electron chi connectivity index (χ3n) is 5.28. The molecule has 0 saturated carbocycles. The second kappa shape index (κ2) is 7.61. The first-order chi connectivity index (χ1) is 16.3. The van der Waals surface area contributed by atoms with Crippen molar-refractivity contribution in [1.29, 1.82) is 10.5 Å². The Morgan fingerprint density at radius 1 is 0.971 bits per heavy atom. The number of alkyl halides is 3. The highest BCUT2D eigenvalue weighted by atomic mass is 19.4. The molecule has 164 valence electrons. The van der Waals surface area contributed by atoms with E-state index in [0.29, 0.717) is 16.7 Å². The van der Waals surface area contributed by atoms with Crippen molar-refractivity contribution < 1.29 is 26.8 Å². The first-order valence-electron chi connectivity index (χ1n) is 9.79. The van der Waals surface area contributed by atoms with E-state index in [0.717, 1.165) is 12.1 Å². The topological polar surface area (TPSA) is 104 Å². The van der Waals surface area contributed by atoms with E-state index in [-0.39, 0.29) is 45.5 Å². The second-order valence-electron chi connectivity index (χ2n) is 7.32. The zero-order valence-electron chi connectivity index (χ0n) is 17.0. The van der Waals surface area contributed by atoms with Crippen LogP contribution in [0, 0.1) is 22.7 Å². The van der Waals surface area contributed by atoms with Crippen molar-refractivity contribution in [2.45, 2.75) is 6.18 Å². The van der Waals surface area contributed by atoms with Gasteiger partial charge in [0.25, 0.3) is 5.71 Å². The number of carbonyl (C=O) groups excluding carboxylic acids is 1. The molecular weight excluding hydrogens is 447 g/mol. The van der Waals surface area contributed by atoms with Crippen LogP contribution in [0.5, 0.6) is 0 Å². The minimum absolute atomic E-state index is 0.0721. The monoisotopic (exact) mass is 457 g/mol. The lowest BCUT2D eigenvalue weighted by Gasteiger charge is -2.05. The molecule has 5 rings (SSSR count). The summed E-state index contributed by atoms with van der Waals surface area (Å²) in [5.74, 6) is -0.0908. The van der Waals surface area contributed by atoms with Crippen LogP contribution in [-0.4, -0.2) is 10.8 Å². The summed E-state index contributed by atoms with van der Waals surface area (Å²) in [6, 6.07) is 16.1. The van der Waals surface area contributed by atoms with Crippen LogP contribution < -0.4 is 0 Å². The Labute approximate surface area is 189 Å². The summed E-state index contributed by atoms with van der Waals surface area (Å²) in [5.41, 5.74) is 0.823. The lowest BCUT2D eigenvalue weighted by atomic mass is 9.99. The molecule has 1 aliphatic rings. The van der Waals surface area contributed by atoms with Gasteiger partial charge >= 0.3 is 6.18 Å². The van der Waals surface area contributed by atoms with Crippen molar-refractivity contribution >= 4 is 28.7 Å². The van der Waals surface area contributed by atoms with Gasteiger partial charge in [-0.1, -0.05) is 24.3 Å². The first kappa shape index (κ1) is 21.0. The normalized spacial score (nSPS) is 14.3. The van der Waals surface area contributed by atoms with E-state index in [1.165, 1.54) is 24.3 Å². The number of allylic oxidation sites excluding steroid dienone is 3. The molecule has 6 nitrogen and oxygen atoms in total. The highest BCUT2D eigenvalue weighted by Crippen LogP contribution is 2.40. The molecule has 0 unspecified atom stereocenters. The molecule has 2 aromatic heterocycles. The molecular formula is C25H10F3N3O3. The molecule has 0 fully saturated rings. The van der Waals surface area contributed by atoms with E-state index in [2.05, 4.69) is 4.98 Å². The predicted octanol–water partition coefficient (Wildman–Crippen LogP) is 6.19. The van der Waals surface area contributed by atoms with E-state index in [1.54, 1.807) is 24.3 Å². The highest BCUT2D eigenvalue weighted by Gasteiger charge is 2.33. The number of rotatable bonds is 2. The fourth-order valence-corrected chi connectivity index (χ4v) is 3.74. The van der Waals surface area contributed by atoms with E-state index >= 15 is 0 Å². The molecule has 0 radical (unpaired) electrons. The van der Waals surface area contributed by atoms with Crippen LogP contribution in [0.3, 0.4) is 0 Å². The number of ketones is 1. The molecule has 2 heterocycles. The zero-order chi connectivity index (χ0) is 24.0. The summed E-state index contributed by atoms with van der Waals surface area (Å²) in [5, 5.41) is 18.8. The molecule has 0 spiro atoms. The minimum Gasteiger partial charge on any atom is -0.436 e. The van der Waals surface area contributed by atoms with Gasteiger partial charge < -0.3 is 8.83 Å². The van der Waals surface area contributed by atoms with Crippen LogP contribution in [0.4, 0.5) is 13.2 Å². The maximum absolute atomic E-state index is 13.0. The van der Waals surface area contributed by atoms with Crippen LogP contribution in [0.2, 0.25) is 0 Å². The maximum atomic E-state index is 13.0. The Morgan fingerprint density at radius 3 is 2.26 bits per heavy atom. The molecule has 2 aromatic carbocycles. The summed E-state index contributed by atoms with van der Waals surface area (Å²) in [6.45, 7) is 0. The summed E-state index contributed by atoms with van der Waals surface area (Å²) in [4.78, 5) is 17.1. The summed E-state index contributed by atoms with van der Waals surface area (Å²) in [6.07, 6.45) is -3.05. The van der Waals surface area contributed by atoms with Gasteiger partial charge in [-0.25, -0.2) is 0 Å². The molecule has 4 aromatic rings. The second-order valence-corrected chi connectivity index (χ2v) is 7.32. The van der Waals surface area contributed by atoms with Crippen molar-refractivity contribution in [2.24, 2.45) is 0 Å². The number of nitriles is 2. The molecule has 0 bridgehead atoms. The molecule has 0 atom stereocenters. The summed E-state index contributed by atoms with van der Waals surface area (Å²) < 4.78 is 49.6. The summed E-state index contributed by atoms with van der Waals surface area (Å²) >= 11 is 0. The third kappa shape index (κ3) is 3.37. The fraction of sp³-hybridized carbons (Fsp3) is 0.0400. The molecule has 34 heavy (non-hydrogen) atoms. The molecule has 1 aliphatic carbocycles. The van der Waals surface area contributed by atoms with Crippen molar-refractivity contribution in [2.75, 3.05) is 0 Å². The Hall–Kier alpha value is -4.89. The average molecular weight is 457 g/mol. The highest BCUT2D eigenvalue weighted by molar-refractivity contribution is 6.29. The molecule has 0 amide bonds. The number of Topliss-reactive ketones (excluding diaryl/α,β-unsaturated/α-hetero) is 1. The van der Waals surface area contributed by atoms with Crippen molar-refractivity contribution in [3.63, 3.8) is 0 Å². The number of hydrogen-bond donors (Lipinski definition) is 0. The lowest BCUT2D eigenvalue weighted by Crippen LogP contribution is -2.03. The van der Waals surface area contributed by atoms with Crippen molar-refractivity contribution in [3.05, 3.63) is 88.2 Å². The molecule has 0 saturated heterocycles. The van der Waals surface area contributed by atoms with E-state index in [1.807, 2.05) is 12.1 Å². The van der Waals surface area contributed by atoms with Crippen LogP contribution in [0.1, 0.15) is 27.2 Å². The van der Waals surface area contributed by atoms with Crippen LogP contribution in [-0.2, 0) is 6.18 Å². The Bertz CT molecular complexity index is 1570. The number of halogens is 3. The van der Waals surface area contributed by atoms with E-state index < -0.39 is 11.7 Å². The van der Waals surface area contributed by atoms with Crippen molar-refractivity contribution in [1.82, 2.24) is 4.98 Å². The van der Waals surface area contributed by atoms with Crippen LogP contribution in [0.15, 0.2) is 74.6 Å². The first-order valence-corrected chi connectivity index (χ1v) is 9.79. The van der Waals surface area contributed by atoms with Gasteiger partial charge in [-0.15, -0.1) is 0 Å². The number of fused-ring (bicyclic) bond motifs is 2. The molecule has 0 N–H and O–H groups in total. The van der Waals surface area contributed by atoms with Gasteiger partial charge in [0.1, 0.15) is 23.5 Å². The number of aromatic nitrogens is 1. The van der Waals surface area contributed by atoms with Gasteiger partial charge in [0.05, 0.1) is 5.56 Å². The van der Waals surface area contributed by atoms with Gasteiger partial charge in [-0.2, -0.15) is 28.7 Å². The van der Waals surface area contributed by atoms with Crippen LogP contribution >= 0.6 is 0 Å². The minimum atomic E-state index is -4.45. The van der Waals surface area contributed by atoms with Gasteiger partial charge in [0.2, 0.25) is 5.89 Å². The Kier molecular flexibility index (Phi) is 4.70. The molecule has 9 heteroatoms. The largest absolute Gasteiger partial charge is 0.436 e. The number of furan rings is 1. The Morgan fingerprint density at radius 2 is 1.65 bits per heavy atom. The number of hydrogen-bond acceptors (Lipinski definition) is 6. The summed E-state index contributed by atoms with van der Waals surface area (Å²) in [7, 11) is 0. The number of benzene rings is 2. The smallest absolute Gasteiger partial charge is 0.416 e. The van der Waals surface area contributed by atoms with E-state index in [9.17, 15) is 28.5 Å². The SMILES string of the molecule is N#CC(C#N)=C1/C(=C/c2cc3oc(-c4ccc(C(F)(F)F)cc4)nc3o2)C(=O)c2ccccc21. The van der Waals surface area contributed by atoms with Crippen LogP contribution in [0.25, 0.3) is 34.4 Å². The number of oxazole rings is 1. The fourth-order valence-electron chi connectivity index (χ4n) is 3.74. The zero-order valence-corrected chi connectivity index (χ0v) is 17.0.